The molecule has 26 heavy (non-hydrogen) atoms. The van der Waals surface area contributed by atoms with E-state index < -0.39 is 27.7 Å². The van der Waals surface area contributed by atoms with Gasteiger partial charge in [0.25, 0.3) is 5.91 Å². The number of sulfonamides is 1. The van der Waals surface area contributed by atoms with Crippen molar-refractivity contribution in [1.29, 1.82) is 0 Å². The predicted molar refractivity (Wildman–Crippen MR) is 93.7 cm³/mol. The quantitative estimate of drug-likeness (QED) is 0.583. The SMILES string of the molecule is COC(=O)c1ccccc1CS(=O)(=O)NC(=O)c1cc(OC)cc(Cl)n1. The van der Waals surface area contributed by atoms with E-state index in [2.05, 4.69) is 9.72 Å². The number of carbonyl (C=O) groups excluding carboxylic acids is 2. The second kappa shape index (κ2) is 8.15. The van der Waals surface area contributed by atoms with Crippen LogP contribution in [-0.2, 0) is 20.5 Å². The van der Waals surface area contributed by atoms with E-state index in [9.17, 15) is 18.0 Å². The van der Waals surface area contributed by atoms with Crippen molar-refractivity contribution < 1.29 is 27.5 Å². The summed E-state index contributed by atoms with van der Waals surface area (Å²) in [7, 11) is -1.55. The number of nitrogens with one attached hydrogen (secondary N) is 1. The summed E-state index contributed by atoms with van der Waals surface area (Å²) in [6, 6.07) is 8.66. The maximum atomic E-state index is 12.3. The molecule has 0 saturated heterocycles. The van der Waals surface area contributed by atoms with Gasteiger partial charge in [0.1, 0.15) is 16.6 Å². The summed E-state index contributed by atoms with van der Waals surface area (Å²) < 4.78 is 36.1. The number of rotatable bonds is 6. The second-order valence-electron chi connectivity index (χ2n) is 5.05. The molecule has 1 amide bonds. The summed E-state index contributed by atoms with van der Waals surface area (Å²) in [5.74, 6) is -1.99. The first-order valence-electron chi connectivity index (χ1n) is 7.18. The van der Waals surface area contributed by atoms with Gasteiger partial charge in [0.05, 0.1) is 25.5 Å². The Morgan fingerprint density at radius 3 is 2.54 bits per heavy atom. The van der Waals surface area contributed by atoms with Gasteiger partial charge in [-0.05, 0) is 11.6 Å². The Balaban J connectivity index is 2.23. The summed E-state index contributed by atoms with van der Waals surface area (Å²) in [5, 5.41) is -0.0251. The number of carbonyl (C=O) groups is 2. The third-order valence-electron chi connectivity index (χ3n) is 3.25. The maximum Gasteiger partial charge on any atom is 0.338 e. The van der Waals surface area contributed by atoms with Crippen LogP contribution in [0.3, 0.4) is 0 Å². The van der Waals surface area contributed by atoms with Crippen molar-refractivity contribution in [2.45, 2.75) is 5.75 Å². The fourth-order valence-corrected chi connectivity index (χ4v) is 3.42. The van der Waals surface area contributed by atoms with E-state index in [0.717, 1.165) is 0 Å². The molecule has 0 spiro atoms. The summed E-state index contributed by atoms with van der Waals surface area (Å²) in [5.41, 5.74) is 0.0610. The first-order valence-corrected chi connectivity index (χ1v) is 9.21. The number of methoxy groups -OCH3 is 2. The number of esters is 1. The highest BCUT2D eigenvalue weighted by Crippen LogP contribution is 2.18. The molecule has 2 aromatic rings. The average Bonchev–Trinajstić information content (AvgIpc) is 2.60. The molecule has 0 atom stereocenters. The average molecular weight is 399 g/mol. The normalized spacial score (nSPS) is 10.9. The van der Waals surface area contributed by atoms with Crippen molar-refractivity contribution >= 4 is 33.5 Å². The van der Waals surface area contributed by atoms with Crippen molar-refractivity contribution in [2.75, 3.05) is 14.2 Å². The van der Waals surface area contributed by atoms with Crippen LogP contribution >= 0.6 is 11.6 Å². The molecule has 10 heteroatoms. The predicted octanol–water partition coefficient (Wildman–Crippen LogP) is 1.79. The van der Waals surface area contributed by atoms with Crippen molar-refractivity contribution in [3.8, 4) is 5.75 Å². The van der Waals surface area contributed by atoms with Crippen LogP contribution in [0.15, 0.2) is 36.4 Å². The molecule has 0 unspecified atom stereocenters. The Kier molecular flexibility index (Phi) is 6.17. The number of pyridine rings is 1. The summed E-state index contributed by atoms with van der Waals surface area (Å²) >= 11 is 5.77. The van der Waals surface area contributed by atoms with Gasteiger partial charge in [0.2, 0.25) is 10.0 Å². The zero-order valence-electron chi connectivity index (χ0n) is 13.9. The lowest BCUT2D eigenvalue weighted by atomic mass is 10.1. The molecular weight excluding hydrogens is 384 g/mol. The van der Waals surface area contributed by atoms with E-state index in [1.165, 1.54) is 38.5 Å². The lowest BCUT2D eigenvalue weighted by Crippen LogP contribution is -2.32. The number of hydrogen-bond donors (Lipinski definition) is 1. The number of halogens is 1. The molecule has 1 aromatic carbocycles. The molecule has 0 saturated carbocycles. The summed E-state index contributed by atoms with van der Waals surface area (Å²) in [6.07, 6.45) is 0. The van der Waals surface area contributed by atoms with Crippen LogP contribution in [0, 0.1) is 0 Å². The van der Waals surface area contributed by atoms with Gasteiger partial charge in [-0.3, -0.25) is 4.79 Å². The Labute approximate surface area is 155 Å². The Hall–Kier alpha value is -2.65. The third-order valence-corrected chi connectivity index (χ3v) is 4.63. The van der Waals surface area contributed by atoms with E-state index in [4.69, 9.17) is 16.3 Å². The Morgan fingerprint density at radius 2 is 1.88 bits per heavy atom. The molecule has 0 fully saturated rings. The fourth-order valence-electron chi connectivity index (χ4n) is 2.10. The lowest BCUT2D eigenvalue weighted by Gasteiger charge is -2.10. The smallest absolute Gasteiger partial charge is 0.338 e. The molecular formula is C16H15ClN2O6S. The van der Waals surface area contributed by atoms with Gasteiger partial charge in [0.15, 0.2) is 0 Å². The minimum atomic E-state index is -4.11. The molecule has 0 aliphatic carbocycles. The number of amides is 1. The van der Waals surface area contributed by atoms with E-state index in [1.807, 2.05) is 4.72 Å². The molecule has 1 heterocycles. The van der Waals surface area contributed by atoms with Gasteiger partial charge in [-0.2, -0.15) is 0 Å². The van der Waals surface area contributed by atoms with Crippen molar-refractivity contribution in [2.24, 2.45) is 0 Å². The molecule has 1 N–H and O–H groups in total. The van der Waals surface area contributed by atoms with Crippen molar-refractivity contribution in [1.82, 2.24) is 9.71 Å². The highest BCUT2D eigenvalue weighted by molar-refractivity contribution is 7.89. The topological polar surface area (TPSA) is 112 Å². The van der Waals surface area contributed by atoms with Gasteiger partial charge < -0.3 is 9.47 Å². The van der Waals surface area contributed by atoms with E-state index in [-0.39, 0.29) is 27.7 Å². The van der Waals surface area contributed by atoms with Crippen LogP contribution in [-0.4, -0.2) is 39.5 Å². The fraction of sp³-hybridized carbons (Fsp3) is 0.188. The van der Waals surface area contributed by atoms with Gasteiger partial charge in [0, 0.05) is 12.1 Å². The van der Waals surface area contributed by atoms with Crippen LogP contribution in [0.4, 0.5) is 0 Å². The van der Waals surface area contributed by atoms with Crippen LogP contribution in [0.25, 0.3) is 0 Å². The third kappa shape index (κ3) is 4.93. The molecule has 1 aromatic heterocycles. The van der Waals surface area contributed by atoms with E-state index >= 15 is 0 Å². The molecule has 0 aliphatic heterocycles. The molecule has 0 aliphatic rings. The Morgan fingerprint density at radius 1 is 1.19 bits per heavy atom. The van der Waals surface area contributed by atoms with Crippen LogP contribution in [0.5, 0.6) is 5.75 Å². The van der Waals surface area contributed by atoms with E-state index in [1.54, 1.807) is 12.1 Å². The first kappa shape index (κ1) is 19.7. The molecule has 8 nitrogen and oxygen atoms in total. The number of nitrogens with zero attached hydrogens (tertiary/aromatic N) is 1. The summed E-state index contributed by atoms with van der Waals surface area (Å²) in [4.78, 5) is 27.7. The minimum Gasteiger partial charge on any atom is -0.497 e. The number of aromatic nitrogens is 1. The van der Waals surface area contributed by atoms with E-state index in [0.29, 0.717) is 0 Å². The highest BCUT2D eigenvalue weighted by atomic mass is 35.5. The number of benzene rings is 1. The zero-order valence-corrected chi connectivity index (χ0v) is 15.4. The maximum absolute atomic E-state index is 12.3. The molecule has 0 radical (unpaired) electrons. The van der Waals surface area contributed by atoms with Crippen molar-refractivity contribution in [3.05, 3.63) is 58.4 Å². The molecule has 2 rings (SSSR count). The van der Waals surface area contributed by atoms with Gasteiger partial charge in [-0.1, -0.05) is 29.8 Å². The summed E-state index contributed by atoms with van der Waals surface area (Å²) in [6.45, 7) is 0. The van der Waals surface area contributed by atoms with Gasteiger partial charge in [-0.25, -0.2) is 22.9 Å². The van der Waals surface area contributed by atoms with Gasteiger partial charge in [-0.15, -0.1) is 0 Å². The Bertz CT molecular complexity index is 946. The minimum absolute atomic E-state index is 0.0251. The molecule has 138 valence electrons. The van der Waals surface area contributed by atoms with Gasteiger partial charge >= 0.3 is 5.97 Å². The zero-order chi connectivity index (χ0) is 19.3. The van der Waals surface area contributed by atoms with Crippen LogP contribution < -0.4 is 9.46 Å². The number of hydrogen-bond acceptors (Lipinski definition) is 7. The highest BCUT2D eigenvalue weighted by Gasteiger charge is 2.22. The number of ether oxygens (including phenoxy) is 2. The monoisotopic (exact) mass is 398 g/mol. The molecule has 0 bridgehead atoms. The second-order valence-corrected chi connectivity index (χ2v) is 7.16. The largest absolute Gasteiger partial charge is 0.497 e. The van der Waals surface area contributed by atoms with Crippen molar-refractivity contribution in [3.63, 3.8) is 0 Å². The standard InChI is InChI=1S/C16H15ClN2O6S/c1-24-11-7-13(18-14(17)8-11)15(20)19-26(22,23)9-10-5-3-4-6-12(10)16(21)25-2/h3-8H,9H2,1-2H3,(H,19,20). The van der Waals surface area contributed by atoms with Crippen LogP contribution in [0.1, 0.15) is 26.4 Å². The van der Waals surface area contributed by atoms with Crippen LogP contribution in [0.2, 0.25) is 5.15 Å². The first-order chi connectivity index (χ1) is 12.3. The lowest BCUT2D eigenvalue weighted by molar-refractivity contribution is 0.0599.